The number of carbonyl (C=O) groups excluding carboxylic acids is 1. The number of H-pyrrole nitrogens is 1. The van der Waals surface area contributed by atoms with Crippen LogP contribution in [0, 0.1) is 0 Å². The molecular weight excluding hydrogens is 574 g/mol. The molecule has 10 heteroatoms. The maximum Gasteiger partial charge on any atom is 0.348 e. The minimum atomic E-state index is -1.97. The number of aliphatic hydroxyl groups excluding tert-OH is 1. The highest BCUT2D eigenvalue weighted by molar-refractivity contribution is 5.87. The van der Waals surface area contributed by atoms with Crippen LogP contribution in [-0.4, -0.2) is 77.1 Å². The first kappa shape index (κ1) is 32.2. The molecule has 45 heavy (non-hydrogen) atoms. The number of esters is 1. The van der Waals surface area contributed by atoms with Gasteiger partial charge >= 0.3 is 5.97 Å². The zero-order chi connectivity index (χ0) is 31.8. The fourth-order valence-electron chi connectivity index (χ4n) is 5.74. The van der Waals surface area contributed by atoms with E-state index in [9.17, 15) is 24.9 Å². The van der Waals surface area contributed by atoms with Crippen LogP contribution >= 0.6 is 0 Å². The normalized spacial score (nSPS) is 17.2. The second-order valence-electron chi connectivity index (χ2n) is 11.6. The molecular formula is C35H41N3O7. The topological polar surface area (TPSA) is 144 Å². The van der Waals surface area contributed by atoms with Crippen LogP contribution < -0.4 is 15.6 Å². The first-order valence-corrected chi connectivity index (χ1v) is 15.4. The van der Waals surface area contributed by atoms with E-state index in [0.717, 1.165) is 32.2 Å². The van der Waals surface area contributed by atoms with Crippen molar-refractivity contribution < 1.29 is 29.6 Å². The summed E-state index contributed by atoms with van der Waals surface area (Å²) in [4.78, 5) is 29.8. The molecule has 5 rings (SSSR count). The number of benzene rings is 3. The van der Waals surface area contributed by atoms with Gasteiger partial charge in [0, 0.05) is 36.7 Å². The van der Waals surface area contributed by atoms with E-state index in [0.29, 0.717) is 59.6 Å². The van der Waals surface area contributed by atoms with Crippen LogP contribution in [0.3, 0.4) is 0 Å². The number of likely N-dealkylation sites (N-methyl/N-ethyl adjacent to an activating group) is 1. The average molecular weight is 616 g/mol. The van der Waals surface area contributed by atoms with Gasteiger partial charge in [0.1, 0.15) is 17.6 Å². The number of hydrogen-bond donors (Lipinski definition) is 5. The Morgan fingerprint density at radius 1 is 1.04 bits per heavy atom. The van der Waals surface area contributed by atoms with Crippen molar-refractivity contribution in [2.45, 2.75) is 43.5 Å². The zero-order valence-electron chi connectivity index (χ0n) is 25.4. The lowest BCUT2D eigenvalue weighted by Gasteiger charge is -2.29. The number of pyridine rings is 1. The van der Waals surface area contributed by atoms with Crippen LogP contribution in [0.15, 0.2) is 83.7 Å². The lowest BCUT2D eigenvalue weighted by Crippen LogP contribution is -2.41. The van der Waals surface area contributed by atoms with Crippen LogP contribution in [0.2, 0.25) is 0 Å². The number of phenolic OH excluding ortho intramolecular Hbond substituents is 1. The summed E-state index contributed by atoms with van der Waals surface area (Å²) in [5.41, 5.74) is -0.530. The number of aliphatic hydroxyl groups is 2. The number of fused-ring (bicyclic) bond motifs is 1. The third-order valence-electron chi connectivity index (χ3n) is 8.23. The highest BCUT2D eigenvalue weighted by Crippen LogP contribution is 2.34. The molecule has 0 amide bonds. The van der Waals surface area contributed by atoms with Gasteiger partial charge in [-0.05, 0) is 74.7 Å². The summed E-state index contributed by atoms with van der Waals surface area (Å²) in [5.74, 6) is -0.182. The molecule has 0 bridgehead atoms. The van der Waals surface area contributed by atoms with Gasteiger partial charge in [0.15, 0.2) is 0 Å². The molecule has 5 N–H and O–H groups in total. The van der Waals surface area contributed by atoms with Gasteiger partial charge in [-0.2, -0.15) is 0 Å². The Labute approximate surface area is 262 Å². The molecule has 2 heterocycles. The summed E-state index contributed by atoms with van der Waals surface area (Å²) >= 11 is 0. The Kier molecular flexibility index (Phi) is 10.5. The summed E-state index contributed by atoms with van der Waals surface area (Å²) in [5, 5.41) is 36.5. The first-order chi connectivity index (χ1) is 21.8. The van der Waals surface area contributed by atoms with E-state index < -0.39 is 17.7 Å². The van der Waals surface area contributed by atoms with Crippen LogP contribution in [0.5, 0.6) is 11.5 Å². The first-order valence-electron chi connectivity index (χ1n) is 15.4. The number of aromatic nitrogens is 1. The molecule has 0 radical (unpaired) electrons. The van der Waals surface area contributed by atoms with E-state index in [1.165, 1.54) is 12.1 Å². The fraction of sp³-hybridized carbons (Fsp3) is 0.371. The maximum absolute atomic E-state index is 13.5. The van der Waals surface area contributed by atoms with Crippen molar-refractivity contribution in [2.75, 3.05) is 39.8 Å². The van der Waals surface area contributed by atoms with E-state index >= 15 is 0 Å². The number of nitrogens with one attached hydrogen (secondary N) is 2. The number of phenols is 1. The molecule has 0 saturated carbocycles. The Balaban J connectivity index is 1.10. The molecule has 3 atom stereocenters. The Morgan fingerprint density at radius 2 is 1.84 bits per heavy atom. The summed E-state index contributed by atoms with van der Waals surface area (Å²) in [6, 6.07) is 21.9. The minimum Gasteiger partial charge on any atom is -0.506 e. The van der Waals surface area contributed by atoms with Gasteiger partial charge in [-0.3, -0.25) is 4.79 Å². The smallest absolute Gasteiger partial charge is 0.348 e. The summed E-state index contributed by atoms with van der Waals surface area (Å²) in [6.07, 6.45) is 2.21. The van der Waals surface area contributed by atoms with E-state index in [1.807, 2.05) is 13.1 Å². The van der Waals surface area contributed by atoms with E-state index in [1.54, 1.807) is 60.7 Å². The van der Waals surface area contributed by atoms with E-state index in [2.05, 4.69) is 15.2 Å². The van der Waals surface area contributed by atoms with E-state index in [4.69, 9.17) is 9.47 Å². The molecule has 10 nitrogen and oxygen atoms in total. The maximum atomic E-state index is 13.5. The van der Waals surface area contributed by atoms with Crippen LogP contribution in [-0.2, 0) is 15.1 Å². The molecule has 3 unspecified atom stereocenters. The molecule has 3 aromatic carbocycles. The number of unbranched alkanes of at least 4 members (excludes halogenated alkanes) is 2. The molecule has 4 aromatic rings. The van der Waals surface area contributed by atoms with Gasteiger partial charge < -0.3 is 40.0 Å². The highest BCUT2D eigenvalue weighted by atomic mass is 16.6. The predicted octanol–water partition coefficient (Wildman–Crippen LogP) is 3.59. The van der Waals surface area contributed by atoms with Crippen LogP contribution in [0.4, 0.5) is 0 Å². The average Bonchev–Trinajstić information content (AvgIpc) is 3.46. The predicted molar refractivity (Wildman–Crippen MR) is 171 cm³/mol. The molecule has 238 valence electrons. The number of likely N-dealkylation sites (tertiary alicyclic amines) is 1. The molecule has 1 aliphatic heterocycles. The molecule has 0 spiro atoms. The lowest BCUT2D eigenvalue weighted by molar-refractivity contribution is -0.167. The third-order valence-corrected chi connectivity index (χ3v) is 8.23. The number of rotatable bonds is 14. The van der Waals surface area contributed by atoms with Crippen LogP contribution in [0.1, 0.15) is 48.5 Å². The fourth-order valence-corrected chi connectivity index (χ4v) is 5.74. The second kappa shape index (κ2) is 14.7. The summed E-state index contributed by atoms with van der Waals surface area (Å²) in [7, 11) is 1.98. The van der Waals surface area contributed by atoms with Crippen molar-refractivity contribution in [1.82, 2.24) is 15.2 Å². The van der Waals surface area contributed by atoms with Gasteiger partial charge in [0.2, 0.25) is 11.2 Å². The molecule has 0 aliphatic carbocycles. The number of carbonyl (C=O) groups is 1. The van der Waals surface area contributed by atoms with Crippen molar-refractivity contribution in [3.05, 3.63) is 106 Å². The molecule has 1 fully saturated rings. The summed E-state index contributed by atoms with van der Waals surface area (Å²) < 4.78 is 11.8. The van der Waals surface area contributed by atoms with Crippen molar-refractivity contribution >= 4 is 16.9 Å². The zero-order valence-corrected chi connectivity index (χ0v) is 25.4. The Bertz CT molecular complexity index is 1640. The molecule has 1 saturated heterocycles. The van der Waals surface area contributed by atoms with Crippen molar-refractivity contribution in [3.63, 3.8) is 0 Å². The Hall–Kier alpha value is -4.22. The van der Waals surface area contributed by atoms with Crippen LogP contribution in [0.25, 0.3) is 10.9 Å². The van der Waals surface area contributed by atoms with Crippen molar-refractivity contribution in [1.29, 1.82) is 0 Å². The quantitative estimate of drug-likeness (QED) is 0.106. The van der Waals surface area contributed by atoms with Gasteiger partial charge in [-0.15, -0.1) is 0 Å². The molecule has 1 aromatic heterocycles. The number of aromatic amines is 1. The standard InChI is InChI=1S/C35H41N3O7/c1-38-19-17-27(23-38)45-34(42)35(43,24-9-4-2-5-10-24)25-11-8-12-26(21-25)44-20-7-3-6-18-36-22-31(40)28-13-15-30(39)33-29(28)14-16-32(41)37-33/h2,4-5,8-16,21,27,31,36,39-40,43H,3,6-7,17-20,22-23H2,1H3,(H,37,41). The third kappa shape index (κ3) is 7.72. The van der Waals surface area contributed by atoms with Gasteiger partial charge in [0.05, 0.1) is 18.2 Å². The second-order valence-corrected chi connectivity index (χ2v) is 11.6. The lowest BCUT2D eigenvalue weighted by atomic mass is 9.86. The molecule has 1 aliphatic rings. The van der Waals surface area contributed by atoms with Gasteiger partial charge in [0.25, 0.3) is 0 Å². The SMILES string of the molecule is CN1CCC(OC(=O)C(O)(c2ccccc2)c2cccc(OCCCCCNCC(O)c3ccc(O)c4[nH]c(=O)ccc34)c2)C1. The Morgan fingerprint density at radius 3 is 2.62 bits per heavy atom. The van der Waals surface area contributed by atoms with Gasteiger partial charge in [-0.25, -0.2) is 4.79 Å². The number of hydrogen-bond acceptors (Lipinski definition) is 9. The van der Waals surface area contributed by atoms with Crippen molar-refractivity contribution in [3.8, 4) is 11.5 Å². The number of aromatic hydroxyl groups is 1. The minimum absolute atomic E-state index is 0.0394. The number of nitrogens with zero attached hydrogens (tertiary/aromatic N) is 1. The van der Waals surface area contributed by atoms with E-state index in [-0.39, 0.29) is 17.4 Å². The monoisotopic (exact) mass is 615 g/mol. The number of ether oxygens (including phenoxy) is 2. The summed E-state index contributed by atoms with van der Waals surface area (Å²) in [6.45, 7) is 2.96. The largest absolute Gasteiger partial charge is 0.506 e. The van der Waals surface area contributed by atoms with Crippen molar-refractivity contribution in [2.24, 2.45) is 0 Å². The van der Waals surface area contributed by atoms with Gasteiger partial charge in [-0.1, -0.05) is 48.5 Å². The highest BCUT2D eigenvalue weighted by Gasteiger charge is 2.43.